The van der Waals surface area contributed by atoms with Crippen molar-refractivity contribution in [1.82, 2.24) is 15.1 Å². The monoisotopic (exact) mass is 407 g/mol. The Morgan fingerprint density at radius 2 is 1.83 bits per heavy atom. The van der Waals surface area contributed by atoms with Gasteiger partial charge in [0.05, 0.1) is 5.69 Å². The molecule has 1 aliphatic rings. The fraction of sp³-hybridized carbons (Fsp3) is 0.261. The molecule has 1 aliphatic carbocycles. The number of hydrogen-bond acceptors (Lipinski definition) is 4. The highest BCUT2D eigenvalue weighted by atomic mass is 19.1. The van der Waals surface area contributed by atoms with Gasteiger partial charge in [-0.05, 0) is 55.5 Å². The van der Waals surface area contributed by atoms with Crippen LogP contribution >= 0.6 is 0 Å². The minimum Gasteiger partial charge on any atom is -0.451 e. The first-order chi connectivity index (χ1) is 14.6. The molecule has 0 radical (unpaired) electrons. The van der Waals surface area contributed by atoms with Gasteiger partial charge in [-0.15, -0.1) is 0 Å². The molecule has 4 rings (SSSR count). The number of benzene rings is 2. The van der Waals surface area contributed by atoms with E-state index in [2.05, 4.69) is 10.4 Å². The number of carbonyl (C=O) groups excluding carboxylic acids is 2. The molecule has 1 amide bonds. The van der Waals surface area contributed by atoms with E-state index >= 15 is 0 Å². The lowest BCUT2D eigenvalue weighted by molar-refractivity contribution is -0.124. The summed E-state index contributed by atoms with van der Waals surface area (Å²) in [4.78, 5) is 24.6. The number of ether oxygens (including phenoxy) is 1. The van der Waals surface area contributed by atoms with Crippen LogP contribution in [0, 0.1) is 5.82 Å². The zero-order chi connectivity index (χ0) is 20.9. The summed E-state index contributed by atoms with van der Waals surface area (Å²) in [5.41, 5.74) is 3.81. The predicted octanol–water partition coefficient (Wildman–Crippen LogP) is 3.02. The summed E-state index contributed by atoms with van der Waals surface area (Å²) in [6, 6.07) is 15.8. The van der Waals surface area contributed by atoms with Crippen molar-refractivity contribution >= 4 is 11.9 Å². The Balaban J connectivity index is 1.36. The summed E-state index contributed by atoms with van der Waals surface area (Å²) in [5, 5.41) is 7.15. The third-order valence-electron chi connectivity index (χ3n) is 5.11. The van der Waals surface area contributed by atoms with E-state index in [-0.39, 0.29) is 24.0 Å². The molecule has 1 aromatic heterocycles. The summed E-state index contributed by atoms with van der Waals surface area (Å²) in [5.74, 6) is -1.30. The van der Waals surface area contributed by atoms with Gasteiger partial charge in [0.25, 0.3) is 5.91 Å². The number of rotatable bonds is 7. The van der Waals surface area contributed by atoms with Crippen LogP contribution in [0.4, 0.5) is 4.39 Å². The third kappa shape index (κ3) is 4.40. The molecule has 6 nitrogen and oxygen atoms in total. The third-order valence-corrected chi connectivity index (χ3v) is 5.11. The normalized spacial score (nSPS) is 12.4. The van der Waals surface area contributed by atoms with Gasteiger partial charge in [-0.3, -0.25) is 4.79 Å². The highest BCUT2D eigenvalue weighted by molar-refractivity contribution is 5.91. The summed E-state index contributed by atoms with van der Waals surface area (Å²) < 4.78 is 20.1. The SMILES string of the molecule is O=C(COC(=O)c1nn(-c2ccc(F)cc2)c2c1CCC2)NCCc1ccccc1. The molecule has 2 aromatic carbocycles. The van der Waals surface area contributed by atoms with Gasteiger partial charge in [0.2, 0.25) is 0 Å². The number of carbonyl (C=O) groups is 2. The zero-order valence-corrected chi connectivity index (χ0v) is 16.4. The summed E-state index contributed by atoms with van der Waals surface area (Å²) in [6.07, 6.45) is 3.13. The molecule has 1 heterocycles. The molecule has 0 spiro atoms. The average Bonchev–Trinajstić information content (AvgIpc) is 3.36. The van der Waals surface area contributed by atoms with Crippen LogP contribution in [0.1, 0.15) is 33.7 Å². The van der Waals surface area contributed by atoms with E-state index in [0.29, 0.717) is 18.7 Å². The number of esters is 1. The molecule has 0 bridgehead atoms. The van der Waals surface area contributed by atoms with Crippen molar-refractivity contribution in [2.45, 2.75) is 25.7 Å². The first-order valence-electron chi connectivity index (χ1n) is 9.96. The molecule has 3 aromatic rings. The van der Waals surface area contributed by atoms with Gasteiger partial charge in [0.1, 0.15) is 5.82 Å². The van der Waals surface area contributed by atoms with Gasteiger partial charge in [-0.1, -0.05) is 30.3 Å². The second kappa shape index (κ2) is 8.90. The van der Waals surface area contributed by atoms with E-state index in [1.165, 1.54) is 12.1 Å². The first kappa shape index (κ1) is 19.8. The zero-order valence-electron chi connectivity index (χ0n) is 16.4. The average molecular weight is 407 g/mol. The predicted molar refractivity (Wildman–Crippen MR) is 109 cm³/mol. The van der Waals surface area contributed by atoms with Gasteiger partial charge in [0, 0.05) is 17.8 Å². The number of halogens is 1. The molecule has 0 saturated heterocycles. The van der Waals surface area contributed by atoms with Crippen LogP contribution in [0.15, 0.2) is 54.6 Å². The van der Waals surface area contributed by atoms with Gasteiger partial charge < -0.3 is 10.1 Å². The summed E-state index contributed by atoms with van der Waals surface area (Å²) in [6.45, 7) is 0.112. The van der Waals surface area contributed by atoms with E-state index < -0.39 is 5.97 Å². The number of amides is 1. The molecule has 0 saturated carbocycles. The van der Waals surface area contributed by atoms with Crippen LogP contribution in [-0.2, 0) is 28.8 Å². The molecule has 7 heteroatoms. The Morgan fingerprint density at radius 3 is 2.60 bits per heavy atom. The lowest BCUT2D eigenvalue weighted by atomic mass is 10.1. The Bertz CT molecular complexity index is 1050. The summed E-state index contributed by atoms with van der Waals surface area (Å²) in [7, 11) is 0. The number of nitrogens with zero attached hydrogens (tertiary/aromatic N) is 2. The standard InChI is InChI=1S/C23H22FN3O3/c24-17-9-11-18(12-10-17)27-20-8-4-7-19(20)22(26-27)23(29)30-15-21(28)25-14-13-16-5-2-1-3-6-16/h1-3,5-6,9-12H,4,7-8,13-15H2,(H,25,28). The van der Waals surface area contributed by atoms with Crippen molar-refractivity contribution in [3.05, 3.63) is 82.9 Å². The van der Waals surface area contributed by atoms with Crippen molar-refractivity contribution in [2.75, 3.05) is 13.2 Å². The molecular formula is C23H22FN3O3. The van der Waals surface area contributed by atoms with E-state index in [9.17, 15) is 14.0 Å². The molecule has 1 N–H and O–H groups in total. The van der Waals surface area contributed by atoms with E-state index in [1.54, 1.807) is 16.8 Å². The minimum absolute atomic E-state index is 0.226. The Morgan fingerprint density at radius 1 is 1.07 bits per heavy atom. The van der Waals surface area contributed by atoms with Crippen molar-refractivity contribution in [3.8, 4) is 5.69 Å². The Hall–Kier alpha value is -3.48. The quantitative estimate of drug-likeness (QED) is 0.611. The van der Waals surface area contributed by atoms with Crippen LogP contribution in [0.5, 0.6) is 0 Å². The molecule has 30 heavy (non-hydrogen) atoms. The molecule has 0 aliphatic heterocycles. The molecule has 0 atom stereocenters. The Kier molecular flexibility index (Phi) is 5.88. The van der Waals surface area contributed by atoms with Crippen LogP contribution in [0.2, 0.25) is 0 Å². The molecule has 0 unspecified atom stereocenters. The van der Waals surface area contributed by atoms with E-state index in [0.717, 1.165) is 36.1 Å². The second-order valence-electron chi connectivity index (χ2n) is 7.18. The maximum Gasteiger partial charge on any atom is 0.359 e. The highest BCUT2D eigenvalue weighted by Crippen LogP contribution is 2.28. The number of nitrogens with one attached hydrogen (secondary N) is 1. The van der Waals surface area contributed by atoms with Gasteiger partial charge in [-0.25, -0.2) is 13.9 Å². The van der Waals surface area contributed by atoms with Crippen LogP contribution in [0.25, 0.3) is 5.69 Å². The van der Waals surface area contributed by atoms with E-state index in [1.807, 2.05) is 30.3 Å². The van der Waals surface area contributed by atoms with Gasteiger partial charge >= 0.3 is 5.97 Å². The topological polar surface area (TPSA) is 73.2 Å². The van der Waals surface area contributed by atoms with Crippen LogP contribution < -0.4 is 5.32 Å². The molecule has 154 valence electrons. The van der Waals surface area contributed by atoms with Crippen LogP contribution in [0.3, 0.4) is 0 Å². The lowest BCUT2D eigenvalue weighted by Crippen LogP contribution is -2.30. The lowest BCUT2D eigenvalue weighted by Gasteiger charge is -2.07. The van der Waals surface area contributed by atoms with Crippen molar-refractivity contribution < 1.29 is 18.7 Å². The maximum absolute atomic E-state index is 13.2. The van der Waals surface area contributed by atoms with Crippen molar-refractivity contribution in [2.24, 2.45) is 0 Å². The summed E-state index contributed by atoms with van der Waals surface area (Å²) >= 11 is 0. The number of fused-ring (bicyclic) bond motifs is 1. The van der Waals surface area contributed by atoms with Crippen molar-refractivity contribution in [1.29, 1.82) is 0 Å². The van der Waals surface area contributed by atoms with Gasteiger partial charge in [0.15, 0.2) is 12.3 Å². The second-order valence-corrected chi connectivity index (χ2v) is 7.18. The number of aromatic nitrogens is 2. The first-order valence-corrected chi connectivity index (χ1v) is 9.96. The van der Waals surface area contributed by atoms with Crippen LogP contribution in [-0.4, -0.2) is 34.8 Å². The smallest absolute Gasteiger partial charge is 0.359 e. The molecule has 0 fully saturated rings. The fourth-order valence-corrected chi connectivity index (χ4v) is 3.64. The van der Waals surface area contributed by atoms with Gasteiger partial charge in [-0.2, -0.15) is 5.10 Å². The van der Waals surface area contributed by atoms with E-state index in [4.69, 9.17) is 4.74 Å². The maximum atomic E-state index is 13.2. The largest absolute Gasteiger partial charge is 0.451 e. The molecular weight excluding hydrogens is 385 g/mol. The minimum atomic E-state index is -0.618. The Labute approximate surface area is 173 Å². The number of hydrogen-bond donors (Lipinski definition) is 1. The fourth-order valence-electron chi connectivity index (χ4n) is 3.64. The highest BCUT2D eigenvalue weighted by Gasteiger charge is 2.28. The van der Waals surface area contributed by atoms with Crippen molar-refractivity contribution in [3.63, 3.8) is 0 Å².